The van der Waals surface area contributed by atoms with Crippen LogP contribution in [0.1, 0.15) is 26.7 Å². The van der Waals surface area contributed by atoms with Gasteiger partial charge in [0.05, 0.1) is 18.4 Å². The maximum absolute atomic E-state index is 12.5. The van der Waals surface area contributed by atoms with Crippen LogP contribution in [0.2, 0.25) is 0 Å². The maximum Gasteiger partial charge on any atom is 0.307 e. The van der Waals surface area contributed by atoms with Crippen LogP contribution in [0.5, 0.6) is 0 Å². The van der Waals surface area contributed by atoms with Gasteiger partial charge in [0, 0.05) is 6.54 Å². The van der Waals surface area contributed by atoms with E-state index >= 15 is 0 Å². The minimum atomic E-state index is -0.976. The van der Waals surface area contributed by atoms with Crippen molar-refractivity contribution in [2.45, 2.75) is 26.7 Å². The third-order valence-corrected chi connectivity index (χ3v) is 3.31. The first-order chi connectivity index (χ1) is 9.32. The fourth-order valence-electron chi connectivity index (χ4n) is 2.46. The lowest BCUT2D eigenvalue weighted by Crippen LogP contribution is -2.46. The molecule has 2 atom stereocenters. The lowest BCUT2D eigenvalue weighted by Gasteiger charge is -2.31. The van der Waals surface area contributed by atoms with Crippen molar-refractivity contribution in [3.05, 3.63) is 12.2 Å². The Hall–Kier alpha value is -1.85. The number of nitrogens with zero attached hydrogens (tertiary/aromatic N) is 1. The number of hydrogen-bond acceptors (Lipinski definition) is 3. The molecule has 112 valence electrons. The van der Waals surface area contributed by atoms with Crippen molar-refractivity contribution < 1.29 is 19.5 Å². The molecule has 0 heterocycles. The summed E-state index contributed by atoms with van der Waals surface area (Å²) in [5, 5.41) is 9.21. The number of hydrogen-bond donors (Lipinski definition) is 2. The van der Waals surface area contributed by atoms with Crippen molar-refractivity contribution in [2.24, 2.45) is 23.5 Å². The minimum absolute atomic E-state index is 0.163. The number of carbonyl (C=O) groups excluding carboxylic acids is 2. The monoisotopic (exact) mass is 282 g/mol. The summed E-state index contributed by atoms with van der Waals surface area (Å²) in [6.45, 7) is 4.09. The molecule has 0 aliphatic heterocycles. The predicted molar refractivity (Wildman–Crippen MR) is 73.6 cm³/mol. The Morgan fingerprint density at radius 2 is 1.80 bits per heavy atom. The molecule has 2 amide bonds. The first-order valence-corrected chi connectivity index (χ1v) is 6.77. The molecule has 0 spiro atoms. The second-order valence-corrected chi connectivity index (χ2v) is 5.57. The van der Waals surface area contributed by atoms with Gasteiger partial charge in [0.15, 0.2) is 0 Å². The van der Waals surface area contributed by atoms with Crippen LogP contribution in [0.25, 0.3) is 0 Å². The Labute approximate surface area is 118 Å². The van der Waals surface area contributed by atoms with E-state index in [1.807, 2.05) is 19.9 Å². The molecule has 0 aromatic heterocycles. The van der Waals surface area contributed by atoms with E-state index in [4.69, 9.17) is 5.73 Å². The van der Waals surface area contributed by atoms with Crippen molar-refractivity contribution in [3.8, 4) is 0 Å². The topological polar surface area (TPSA) is 101 Å². The van der Waals surface area contributed by atoms with Gasteiger partial charge in [-0.3, -0.25) is 14.4 Å². The van der Waals surface area contributed by atoms with Gasteiger partial charge in [-0.05, 0) is 18.8 Å². The number of carboxylic acid groups (broad SMARTS) is 1. The van der Waals surface area contributed by atoms with Crippen LogP contribution in [-0.2, 0) is 14.4 Å². The van der Waals surface area contributed by atoms with Crippen LogP contribution in [-0.4, -0.2) is 40.9 Å². The number of amides is 2. The number of nitrogens with two attached hydrogens (primary N) is 1. The van der Waals surface area contributed by atoms with E-state index in [1.165, 1.54) is 4.90 Å². The zero-order valence-electron chi connectivity index (χ0n) is 11.9. The highest BCUT2D eigenvalue weighted by Gasteiger charge is 2.36. The summed E-state index contributed by atoms with van der Waals surface area (Å²) < 4.78 is 0. The first kappa shape index (κ1) is 16.2. The molecule has 0 fully saturated rings. The number of carboxylic acids is 1. The second kappa shape index (κ2) is 7.07. The molecule has 0 saturated heterocycles. The number of carbonyl (C=O) groups is 3. The molecule has 6 heteroatoms. The zero-order valence-corrected chi connectivity index (χ0v) is 11.9. The summed E-state index contributed by atoms with van der Waals surface area (Å²) in [6.07, 6.45) is 4.34. The van der Waals surface area contributed by atoms with Gasteiger partial charge >= 0.3 is 5.97 Å². The molecule has 0 bridgehead atoms. The number of allylic oxidation sites excluding steroid dienone is 2. The molecular weight excluding hydrogens is 260 g/mol. The van der Waals surface area contributed by atoms with E-state index in [9.17, 15) is 19.5 Å². The van der Waals surface area contributed by atoms with Gasteiger partial charge < -0.3 is 15.7 Å². The van der Waals surface area contributed by atoms with Crippen molar-refractivity contribution >= 4 is 17.8 Å². The summed E-state index contributed by atoms with van der Waals surface area (Å²) >= 11 is 0. The lowest BCUT2D eigenvalue weighted by atomic mass is 9.82. The molecule has 1 rings (SSSR count). The summed E-state index contributed by atoms with van der Waals surface area (Å²) in [6, 6.07) is 0. The van der Waals surface area contributed by atoms with Gasteiger partial charge in [0.1, 0.15) is 0 Å². The summed E-state index contributed by atoms with van der Waals surface area (Å²) in [5.74, 6) is -3.02. The van der Waals surface area contributed by atoms with Crippen molar-refractivity contribution in [1.29, 1.82) is 0 Å². The van der Waals surface area contributed by atoms with Gasteiger partial charge in [-0.25, -0.2) is 0 Å². The predicted octanol–water partition coefficient (Wildman–Crippen LogP) is 0.623. The van der Waals surface area contributed by atoms with Crippen LogP contribution in [0, 0.1) is 17.8 Å². The second-order valence-electron chi connectivity index (χ2n) is 5.57. The third kappa shape index (κ3) is 4.36. The smallest absolute Gasteiger partial charge is 0.307 e. The molecule has 0 saturated carbocycles. The minimum Gasteiger partial charge on any atom is -0.481 e. The number of rotatable bonds is 6. The van der Waals surface area contributed by atoms with Gasteiger partial charge in [-0.15, -0.1) is 0 Å². The van der Waals surface area contributed by atoms with Gasteiger partial charge in [-0.1, -0.05) is 26.0 Å². The molecule has 0 radical (unpaired) electrons. The Bertz CT molecular complexity index is 417. The van der Waals surface area contributed by atoms with Gasteiger partial charge in [0.2, 0.25) is 11.8 Å². The fourth-order valence-corrected chi connectivity index (χ4v) is 2.46. The Morgan fingerprint density at radius 1 is 1.25 bits per heavy atom. The van der Waals surface area contributed by atoms with Crippen molar-refractivity contribution in [3.63, 3.8) is 0 Å². The Morgan fingerprint density at radius 3 is 2.25 bits per heavy atom. The molecule has 1 aliphatic carbocycles. The van der Waals surface area contributed by atoms with Gasteiger partial charge in [0.25, 0.3) is 0 Å². The standard InChI is InChI=1S/C14H22N2O4/c1-9(2)7-16(8-12(15)17)13(18)10-5-3-4-6-11(10)14(19)20/h3-4,9-11H,5-8H2,1-2H3,(H2,15,17)(H,19,20). The molecule has 0 aromatic rings. The molecule has 1 aliphatic rings. The van der Waals surface area contributed by atoms with Crippen LogP contribution in [0.4, 0.5) is 0 Å². The molecular formula is C14H22N2O4. The largest absolute Gasteiger partial charge is 0.481 e. The van der Waals surface area contributed by atoms with Crippen LogP contribution in [0.15, 0.2) is 12.2 Å². The Balaban J connectivity index is 2.88. The van der Waals surface area contributed by atoms with Crippen molar-refractivity contribution in [2.75, 3.05) is 13.1 Å². The SMILES string of the molecule is CC(C)CN(CC(N)=O)C(=O)C1CC=CCC1C(=O)O. The lowest BCUT2D eigenvalue weighted by molar-refractivity contribution is -0.151. The number of primary amides is 1. The van der Waals surface area contributed by atoms with E-state index in [2.05, 4.69) is 0 Å². The fraction of sp³-hybridized carbons (Fsp3) is 0.643. The first-order valence-electron chi connectivity index (χ1n) is 6.77. The zero-order chi connectivity index (χ0) is 15.3. The Kier molecular flexibility index (Phi) is 5.73. The molecule has 0 aromatic carbocycles. The third-order valence-electron chi connectivity index (χ3n) is 3.31. The average molecular weight is 282 g/mol. The average Bonchev–Trinajstić information content (AvgIpc) is 2.36. The molecule has 6 nitrogen and oxygen atoms in total. The summed E-state index contributed by atoms with van der Waals surface area (Å²) in [7, 11) is 0. The van der Waals surface area contributed by atoms with Crippen LogP contribution >= 0.6 is 0 Å². The molecule has 2 unspecified atom stereocenters. The van der Waals surface area contributed by atoms with E-state index in [0.717, 1.165) is 0 Å². The van der Waals surface area contributed by atoms with Gasteiger partial charge in [-0.2, -0.15) is 0 Å². The normalized spacial score (nSPS) is 21.8. The van der Waals surface area contributed by atoms with E-state index in [1.54, 1.807) is 6.08 Å². The molecule has 20 heavy (non-hydrogen) atoms. The van der Waals surface area contributed by atoms with Crippen molar-refractivity contribution in [1.82, 2.24) is 4.90 Å². The summed E-state index contributed by atoms with van der Waals surface area (Å²) in [5.41, 5.74) is 5.17. The quantitative estimate of drug-likeness (QED) is 0.697. The van der Waals surface area contributed by atoms with E-state index < -0.39 is 23.7 Å². The maximum atomic E-state index is 12.5. The summed E-state index contributed by atoms with van der Waals surface area (Å²) in [4.78, 5) is 36.2. The number of aliphatic carboxylic acids is 1. The highest BCUT2D eigenvalue weighted by atomic mass is 16.4. The highest BCUT2D eigenvalue weighted by molar-refractivity contribution is 5.88. The highest BCUT2D eigenvalue weighted by Crippen LogP contribution is 2.28. The van der Waals surface area contributed by atoms with E-state index in [-0.39, 0.29) is 18.4 Å². The van der Waals surface area contributed by atoms with Crippen LogP contribution in [0.3, 0.4) is 0 Å². The van der Waals surface area contributed by atoms with E-state index in [0.29, 0.717) is 19.4 Å². The molecule has 3 N–H and O–H groups in total. The van der Waals surface area contributed by atoms with Crippen LogP contribution < -0.4 is 5.73 Å².